The number of nitrogens with zero attached hydrogens (tertiary/aromatic N) is 2. The molecule has 1 heterocycles. The van der Waals surface area contributed by atoms with Crippen molar-refractivity contribution in [2.45, 2.75) is 26.7 Å². The first-order valence-corrected chi connectivity index (χ1v) is 6.67. The average molecular weight is 256 g/mol. The smallest absolute Gasteiger partial charge is 0.0831 e. The summed E-state index contributed by atoms with van der Waals surface area (Å²) in [7, 11) is 1.66. The van der Waals surface area contributed by atoms with Gasteiger partial charge in [0.2, 0.25) is 0 Å². The van der Waals surface area contributed by atoms with Gasteiger partial charge in [-0.25, -0.2) is 4.68 Å². The first-order chi connectivity index (χ1) is 9.31. The molecule has 0 aliphatic rings. The lowest BCUT2D eigenvalue weighted by atomic mass is 10.1. The summed E-state index contributed by atoms with van der Waals surface area (Å²) in [5.41, 5.74) is 4.60. The van der Waals surface area contributed by atoms with Crippen LogP contribution in [0.5, 0.6) is 0 Å². The molecule has 0 aliphatic heterocycles. The standard InChI is InChI=1S/C16H20N2O/c1-4-15-14(11-12-19-3)16(5-2)18(17-15)13-9-7-6-8-10-13/h6-12H,4-5H2,1-3H3. The van der Waals surface area contributed by atoms with Crippen molar-refractivity contribution >= 4 is 6.08 Å². The van der Waals surface area contributed by atoms with Gasteiger partial charge in [-0.3, -0.25) is 0 Å². The zero-order valence-electron chi connectivity index (χ0n) is 11.8. The summed E-state index contributed by atoms with van der Waals surface area (Å²) in [5.74, 6) is 0. The van der Waals surface area contributed by atoms with Crippen LogP contribution in [0.25, 0.3) is 11.8 Å². The molecule has 0 bridgehead atoms. The van der Waals surface area contributed by atoms with Gasteiger partial charge in [0.25, 0.3) is 0 Å². The summed E-state index contributed by atoms with van der Waals surface area (Å²) in [5, 5.41) is 4.73. The Kier molecular flexibility index (Phi) is 4.39. The Balaban J connectivity index is 2.56. The third-order valence-corrected chi connectivity index (χ3v) is 3.14. The Morgan fingerprint density at radius 2 is 1.89 bits per heavy atom. The van der Waals surface area contributed by atoms with Crippen molar-refractivity contribution in [1.82, 2.24) is 9.78 Å². The van der Waals surface area contributed by atoms with Crippen LogP contribution in [0, 0.1) is 0 Å². The fourth-order valence-corrected chi connectivity index (χ4v) is 2.23. The summed E-state index contributed by atoms with van der Waals surface area (Å²) in [6.07, 6.45) is 5.57. The van der Waals surface area contributed by atoms with Crippen molar-refractivity contribution in [3.63, 3.8) is 0 Å². The van der Waals surface area contributed by atoms with Crippen molar-refractivity contribution in [2.24, 2.45) is 0 Å². The topological polar surface area (TPSA) is 27.1 Å². The molecule has 19 heavy (non-hydrogen) atoms. The van der Waals surface area contributed by atoms with Crippen molar-refractivity contribution in [3.05, 3.63) is 53.5 Å². The van der Waals surface area contributed by atoms with Crippen LogP contribution in [0.2, 0.25) is 0 Å². The summed E-state index contributed by atoms with van der Waals surface area (Å²) >= 11 is 0. The van der Waals surface area contributed by atoms with Gasteiger partial charge in [-0.1, -0.05) is 32.0 Å². The minimum absolute atomic E-state index is 0.913. The van der Waals surface area contributed by atoms with Gasteiger partial charge in [-0.2, -0.15) is 5.10 Å². The maximum Gasteiger partial charge on any atom is 0.0831 e. The number of methoxy groups -OCH3 is 1. The van der Waals surface area contributed by atoms with E-state index in [0.717, 1.165) is 24.2 Å². The van der Waals surface area contributed by atoms with E-state index in [-0.39, 0.29) is 0 Å². The Hall–Kier alpha value is -2.03. The van der Waals surface area contributed by atoms with Crippen LogP contribution < -0.4 is 0 Å². The quantitative estimate of drug-likeness (QED) is 0.764. The minimum atomic E-state index is 0.913. The van der Waals surface area contributed by atoms with Crippen molar-refractivity contribution in [3.8, 4) is 5.69 Å². The Morgan fingerprint density at radius 1 is 1.16 bits per heavy atom. The molecule has 0 atom stereocenters. The molecule has 0 N–H and O–H groups in total. The third-order valence-electron chi connectivity index (χ3n) is 3.14. The van der Waals surface area contributed by atoms with E-state index in [1.54, 1.807) is 13.4 Å². The molecule has 0 fully saturated rings. The molecule has 0 unspecified atom stereocenters. The van der Waals surface area contributed by atoms with E-state index in [1.807, 2.05) is 29.0 Å². The molecule has 0 amide bonds. The molecule has 0 saturated heterocycles. The molecule has 100 valence electrons. The van der Waals surface area contributed by atoms with Crippen LogP contribution in [0.3, 0.4) is 0 Å². The molecule has 0 saturated carbocycles. The maximum absolute atomic E-state index is 5.04. The molecule has 3 heteroatoms. The molecule has 3 nitrogen and oxygen atoms in total. The molecular weight excluding hydrogens is 236 g/mol. The summed E-state index contributed by atoms with van der Waals surface area (Å²) in [4.78, 5) is 0. The fraction of sp³-hybridized carbons (Fsp3) is 0.312. The van der Waals surface area contributed by atoms with Gasteiger partial charge in [0.05, 0.1) is 30.4 Å². The van der Waals surface area contributed by atoms with Gasteiger partial charge in [0.15, 0.2) is 0 Å². The highest BCUT2D eigenvalue weighted by Gasteiger charge is 2.14. The van der Waals surface area contributed by atoms with E-state index in [4.69, 9.17) is 9.84 Å². The second-order valence-electron chi connectivity index (χ2n) is 4.30. The highest BCUT2D eigenvalue weighted by atomic mass is 16.5. The summed E-state index contributed by atoms with van der Waals surface area (Å²) in [6, 6.07) is 10.2. The lowest BCUT2D eigenvalue weighted by molar-refractivity contribution is 0.341. The Morgan fingerprint density at radius 3 is 2.47 bits per heavy atom. The monoisotopic (exact) mass is 256 g/mol. The number of benzene rings is 1. The van der Waals surface area contributed by atoms with Crippen LogP contribution >= 0.6 is 0 Å². The highest BCUT2D eigenvalue weighted by molar-refractivity contribution is 5.56. The Labute approximate surface area is 114 Å². The van der Waals surface area contributed by atoms with Gasteiger partial charge in [-0.05, 0) is 31.1 Å². The van der Waals surface area contributed by atoms with E-state index in [0.29, 0.717) is 0 Å². The Bertz CT molecular complexity index is 556. The SMILES string of the molecule is CCc1nn(-c2ccccc2)c(CC)c1C=COC. The van der Waals surface area contributed by atoms with Gasteiger partial charge < -0.3 is 4.74 Å². The number of hydrogen-bond acceptors (Lipinski definition) is 2. The minimum Gasteiger partial charge on any atom is -0.504 e. The van der Waals surface area contributed by atoms with Crippen molar-refractivity contribution in [1.29, 1.82) is 0 Å². The zero-order valence-corrected chi connectivity index (χ0v) is 11.8. The molecule has 2 rings (SSSR count). The first-order valence-electron chi connectivity index (χ1n) is 6.67. The largest absolute Gasteiger partial charge is 0.504 e. The molecule has 0 spiro atoms. The summed E-state index contributed by atoms with van der Waals surface area (Å²) in [6.45, 7) is 4.28. The zero-order chi connectivity index (χ0) is 13.7. The second kappa shape index (κ2) is 6.23. The highest BCUT2D eigenvalue weighted by Crippen LogP contribution is 2.21. The number of para-hydroxylation sites is 1. The van der Waals surface area contributed by atoms with Crippen molar-refractivity contribution in [2.75, 3.05) is 7.11 Å². The van der Waals surface area contributed by atoms with Crippen LogP contribution in [-0.2, 0) is 17.6 Å². The molecular formula is C16H20N2O. The maximum atomic E-state index is 5.04. The second-order valence-corrected chi connectivity index (χ2v) is 4.30. The van der Waals surface area contributed by atoms with Crippen LogP contribution in [0.1, 0.15) is 30.8 Å². The van der Waals surface area contributed by atoms with Crippen LogP contribution in [-0.4, -0.2) is 16.9 Å². The average Bonchev–Trinajstić information content (AvgIpc) is 2.83. The van der Waals surface area contributed by atoms with E-state index in [9.17, 15) is 0 Å². The lowest BCUT2D eigenvalue weighted by Gasteiger charge is -2.06. The van der Waals surface area contributed by atoms with Crippen molar-refractivity contribution < 1.29 is 4.74 Å². The number of aryl methyl sites for hydroxylation is 1. The summed E-state index contributed by atoms with van der Waals surface area (Å²) < 4.78 is 7.08. The van der Waals surface area contributed by atoms with Gasteiger partial charge in [0.1, 0.15) is 0 Å². The number of hydrogen-bond donors (Lipinski definition) is 0. The van der Waals surface area contributed by atoms with E-state index >= 15 is 0 Å². The normalized spacial score (nSPS) is 11.1. The third kappa shape index (κ3) is 2.70. The van der Waals surface area contributed by atoms with Crippen LogP contribution in [0.4, 0.5) is 0 Å². The fourth-order valence-electron chi connectivity index (χ4n) is 2.23. The first kappa shape index (κ1) is 13.4. The van der Waals surface area contributed by atoms with E-state index < -0.39 is 0 Å². The van der Waals surface area contributed by atoms with Gasteiger partial charge in [-0.15, -0.1) is 0 Å². The van der Waals surface area contributed by atoms with Crippen LogP contribution in [0.15, 0.2) is 36.6 Å². The number of rotatable bonds is 5. The van der Waals surface area contributed by atoms with Gasteiger partial charge >= 0.3 is 0 Å². The molecule has 0 aliphatic carbocycles. The predicted molar refractivity (Wildman–Crippen MR) is 78.4 cm³/mol. The molecule has 1 aromatic heterocycles. The predicted octanol–water partition coefficient (Wildman–Crippen LogP) is 3.61. The lowest BCUT2D eigenvalue weighted by Crippen LogP contribution is -2.01. The molecule has 2 aromatic rings. The van der Waals surface area contributed by atoms with Gasteiger partial charge in [0, 0.05) is 5.56 Å². The number of aromatic nitrogens is 2. The molecule has 1 aromatic carbocycles. The molecule has 0 radical (unpaired) electrons. The van der Waals surface area contributed by atoms with E-state index in [2.05, 4.69) is 26.0 Å². The number of ether oxygens (including phenoxy) is 1. The van der Waals surface area contributed by atoms with E-state index in [1.165, 1.54) is 11.3 Å².